The molecular weight excluding hydrogens is 368 g/mol. The largest absolute Gasteiger partial charge is 0.396 e. The molecule has 162 valence electrons. The second kappa shape index (κ2) is 10.2. The van der Waals surface area contributed by atoms with Crippen molar-refractivity contribution in [3.63, 3.8) is 0 Å². The number of amides is 2. The van der Waals surface area contributed by atoms with Crippen molar-refractivity contribution in [2.45, 2.75) is 46.0 Å². The smallest absolute Gasteiger partial charge is 0.233 e. The Morgan fingerprint density at radius 2 is 1.86 bits per heavy atom. The van der Waals surface area contributed by atoms with E-state index in [1.165, 1.54) is 4.90 Å². The number of hydrogen-bond acceptors (Lipinski definition) is 4. The second-order valence-corrected chi connectivity index (χ2v) is 8.49. The van der Waals surface area contributed by atoms with E-state index in [4.69, 9.17) is 0 Å². The molecule has 2 amide bonds. The van der Waals surface area contributed by atoms with Gasteiger partial charge in [-0.3, -0.25) is 19.5 Å². The van der Waals surface area contributed by atoms with E-state index in [1.54, 1.807) is 0 Å². The Kier molecular flexibility index (Phi) is 7.70. The van der Waals surface area contributed by atoms with Gasteiger partial charge in [-0.15, -0.1) is 0 Å². The van der Waals surface area contributed by atoms with Gasteiger partial charge in [0.2, 0.25) is 11.8 Å². The maximum Gasteiger partial charge on any atom is 0.233 e. The highest BCUT2D eigenvalue weighted by atomic mass is 16.3. The molecule has 0 radical (unpaired) electrons. The van der Waals surface area contributed by atoms with Crippen LogP contribution in [0.15, 0.2) is 17.1 Å². The molecule has 1 saturated heterocycles. The summed E-state index contributed by atoms with van der Waals surface area (Å²) in [6, 6.07) is 0. The lowest BCUT2D eigenvalue weighted by molar-refractivity contribution is -0.140. The van der Waals surface area contributed by atoms with E-state index >= 15 is 0 Å². The Morgan fingerprint density at radius 1 is 1.17 bits per heavy atom. The first-order valence-electron chi connectivity index (χ1n) is 11.3. The Balaban J connectivity index is 1.45. The lowest BCUT2D eigenvalue weighted by Gasteiger charge is -2.18. The average Bonchev–Trinajstić information content (AvgIpc) is 3.38. The molecule has 1 saturated carbocycles. The van der Waals surface area contributed by atoms with Gasteiger partial charge < -0.3 is 15.7 Å². The van der Waals surface area contributed by atoms with Crippen molar-refractivity contribution in [1.82, 2.24) is 15.5 Å². The predicted octanol–water partition coefficient (Wildman–Crippen LogP) is 1.54. The Bertz CT molecular complexity index is 612. The van der Waals surface area contributed by atoms with Crippen molar-refractivity contribution in [3.8, 4) is 0 Å². The van der Waals surface area contributed by atoms with Crippen molar-refractivity contribution in [2.24, 2.45) is 34.6 Å². The van der Waals surface area contributed by atoms with Crippen molar-refractivity contribution in [3.05, 3.63) is 12.2 Å². The van der Waals surface area contributed by atoms with Gasteiger partial charge in [-0.25, -0.2) is 0 Å². The third-order valence-corrected chi connectivity index (χ3v) is 6.50. The topological polar surface area (TPSA) is 94.0 Å². The maximum atomic E-state index is 12.7. The van der Waals surface area contributed by atoms with Crippen molar-refractivity contribution in [1.29, 1.82) is 0 Å². The van der Waals surface area contributed by atoms with E-state index < -0.39 is 0 Å². The minimum Gasteiger partial charge on any atom is -0.396 e. The van der Waals surface area contributed by atoms with Crippen LogP contribution < -0.4 is 10.6 Å². The summed E-state index contributed by atoms with van der Waals surface area (Å²) in [7, 11) is 0. The Labute approximate surface area is 174 Å². The summed E-state index contributed by atoms with van der Waals surface area (Å²) in [5, 5.41) is 15.8. The molecule has 3 rings (SSSR count). The molecule has 1 heterocycles. The van der Waals surface area contributed by atoms with Crippen LogP contribution in [0.3, 0.4) is 0 Å². The van der Waals surface area contributed by atoms with E-state index in [0.717, 1.165) is 38.2 Å². The van der Waals surface area contributed by atoms with Crippen molar-refractivity contribution >= 4 is 17.8 Å². The Hall–Kier alpha value is -1.89. The molecule has 2 aliphatic carbocycles. The van der Waals surface area contributed by atoms with Gasteiger partial charge in [0, 0.05) is 32.8 Å². The minimum absolute atomic E-state index is 0.0313. The number of carbonyl (C=O) groups excluding carboxylic acids is 2. The standard InChI is InChI=1S/C22H36N4O3/c1-3-6-15(9-12-27)14-25-22(23-4-2)24-10-5-11-26-20(28)18-16-7-8-17(13-16)19(18)21(26)29/h7-8,15-19,27H,3-6,9-14H2,1-2H3,(H2,23,24,25). The summed E-state index contributed by atoms with van der Waals surface area (Å²) in [4.78, 5) is 31.6. The number of aliphatic hydroxyl groups excluding tert-OH is 1. The van der Waals surface area contributed by atoms with E-state index in [1.807, 2.05) is 6.92 Å². The summed E-state index contributed by atoms with van der Waals surface area (Å²) in [5.74, 6) is 1.54. The maximum absolute atomic E-state index is 12.7. The van der Waals surface area contributed by atoms with Crippen LogP contribution >= 0.6 is 0 Å². The first-order valence-corrected chi connectivity index (χ1v) is 11.3. The fourth-order valence-electron chi connectivity index (χ4n) is 5.11. The fourth-order valence-corrected chi connectivity index (χ4v) is 5.11. The number of aliphatic imine (C=N–C) groups is 1. The third kappa shape index (κ3) is 4.82. The number of fused-ring (bicyclic) bond motifs is 5. The quantitative estimate of drug-likeness (QED) is 0.160. The number of carbonyl (C=O) groups is 2. The summed E-state index contributed by atoms with van der Waals surface area (Å²) >= 11 is 0. The molecule has 0 aromatic rings. The highest BCUT2D eigenvalue weighted by molar-refractivity contribution is 6.06. The molecule has 2 fully saturated rings. The van der Waals surface area contributed by atoms with Crippen molar-refractivity contribution < 1.29 is 14.7 Å². The number of aliphatic hydroxyl groups is 1. The van der Waals surface area contributed by atoms with Gasteiger partial charge in [-0.05, 0) is 50.4 Å². The minimum atomic E-state index is -0.105. The third-order valence-electron chi connectivity index (χ3n) is 6.50. The second-order valence-electron chi connectivity index (χ2n) is 8.49. The van der Waals surface area contributed by atoms with Gasteiger partial charge in [0.25, 0.3) is 0 Å². The first-order chi connectivity index (χ1) is 14.1. The summed E-state index contributed by atoms with van der Waals surface area (Å²) < 4.78 is 0. The molecule has 3 N–H and O–H groups in total. The Morgan fingerprint density at radius 3 is 2.45 bits per heavy atom. The van der Waals surface area contributed by atoms with Crippen LogP contribution in [0.4, 0.5) is 0 Å². The van der Waals surface area contributed by atoms with Crippen LogP contribution in [0, 0.1) is 29.6 Å². The fraction of sp³-hybridized carbons (Fsp3) is 0.773. The van der Waals surface area contributed by atoms with Crippen LogP contribution in [-0.4, -0.2) is 60.6 Å². The number of rotatable bonds is 11. The number of nitrogens with zero attached hydrogens (tertiary/aromatic N) is 2. The molecule has 0 aromatic carbocycles. The number of hydrogen-bond donors (Lipinski definition) is 3. The lowest BCUT2D eigenvalue weighted by Crippen LogP contribution is -2.40. The molecule has 3 aliphatic rings. The number of nitrogens with one attached hydrogen (secondary N) is 2. The van der Waals surface area contributed by atoms with Gasteiger partial charge in [-0.1, -0.05) is 25.5 Å². The summed E-state index contributed by atoms with van der Waals surface area (Å²) in [6.45, 7) is 6.95. The zero-order chi connectivity index (χ0) is 20.8. The van der Waals surface area contributed by atoms with E-state index in [0.29, 0.717) is 32.0 Å². The van der Waals surface area contributed by atoms with Gasteiger partial charge >= 0.3 is 0 Å². The first kappa shape index (κ1) is 21.8. The van der Waals surface area contributed by atoms with Gasteiger partial charge in [0.05, 0.1) is 11.8 Å². The molecular formula is C22H36N4O3. The van der Waals surface area contributed by atoms with Crippen LogP contribution in [0.1, 0.15) is 46.0 Å². The molecule has 1 aliphatic heterocycles. The van der Waals surface area contributed by atoms with E-state index in [9.17, 15) is 14.7 Å². The molecule has 7 nitrogen and oxygen atoms in total. The summed E-state index contributed by atoms with van der Waals surface area (Å²) in [6.07, 6.45) is 8.85. The van der Waals surface area contributed by atoms with Gasteiger partial charge in [0.1, 0.15) is 0 Å². The molecule has 29 heavy (non-hydrogen) atoms. The van der Waals surface area contributed by atoms with Crippen LogP contribution in [0.2, 0.25) is 0 Å². The molecule has 2 bridgehead atoms. The van der Waals surface area contributed by atoms with Gasteiger partial charge in [-0.2, -0.15) is 0 Å². The number of likely N-dealkylation sites (tertiary alicyclic amines) is 1. The highest BCUT2D eigenvalue weighted by Crippen LogP contribution is 2.52. The van der Waals surface area contributed by atoms with E-state index in [-0.39, 0.29) is 42.1 Å². The predicted molar refractivity (Wildman–Crippen MR) is 113 cm³/mol. The molecule has 5 atom stereocenters. The number of guanidine groups is 1. The van der Waals surface area contributed by atoms with Crippen LogP contribution in [0.25, 0.3) is 0 Å². The number of imide groups is 1. The zero-order valence-corrected chi connectivity index (χ0v) is 17.8. The molecule has 0 aromatic heterocycles. The van der Waals surface area contributed by atoms with Crippen LogP contribution in [-0.2, 0) is 9.59 Å². The highest BCUT2D eigenvalue weighted by Gasteiger charge is 2.58. The SMILES string of the molecule is CCCC(CCO)CN=C(NCC)NCCCN1C(=O)C2C3C=CC(C3)C2C1=O. The molecule has 0 spiro atoms. The van der Waals surface area contributed by atoms with Crippen LogP contribution in [0.5, 0.6) is 0 Å². The van der Waals surface area contributed by atoms with Gasteiger partial charge in [0.15, 0.2) is 5.96 Å². The summed E-state index contributed by atoms with van der Waals surface area (Å²) in [5.41, 5.74) is 0. The normalized spacial score (nSPS) is 28.9. The zero-order valence-electron chi connectivity index (χ0n) is 17.8. The molecule has 7 heteroatoms. The van der Waals surface area contributed by atoms with E-state index in [2.05, 4.69) is 34.7 Å². The number of allylic oxidation sites excluding steroid dienone is 2. The monoisotopic (exact) mass is 404 g/mol. The average molecular weight is 405 g/mol. The van der Waals surface area contributed by atoms with Crippen molar-refractivity contribution in [2.75, 3.05) is 32.8 Å². The lowest BCUT2D eigenvalue weighted by atomic mass is 9.85. The molecule has 5 unspecified atom stereocenters.